The molecule has 76 valence electrons. The first-order valence-corrected chi connectivity index (χ1v) is 6.49. The van der Waals surface area contributed by atoms with E-state index in [1.807, 2.05) is 0 Å². The Labute approximate surface area is 87.2 Å². The van der Waals surface area contributed by atoms with E-state index in [1.165, 1.54) is 5.57 Å². The summed E-state index contributed by atoms with van der Waals surface area (Å²) >= 11 is -3.76. The van der Waals surface area contributed by atoms with Crippen molar-refractivity contribution >= 4 is 0 Å². The topological polar surface area (TPSA) is 69.6 Å². The van der Waals surface area contributed by atoms with Gasteiger partial charge in [-0.25, -0.2) is 0 Å². The summed E-state index contributed by atoms with van der Waals surface area (Å²) in [6, 6.07) is 0.565. The normalized spacial score (nSPS) is 21.0. The second-order valence-electron chi connectivity index (χ2n) is 2.83. The van der Waals surface area contributed by atoms with Crippen molar-refractivity contribution in [2.24, 2.45) is 0 Å². The van der Waals surface area contributed by atoms with Crippen LogP contribution in [0.1, 0.15) is 13.8 Å². The number of rotatable bonds is 0. The van der Waals surface area contributed by atoms with Crippen LogP contribution < -0.4 is 27.9 Å². The van der Waals surface area contributed by atoms with Crippen LogP contribution >= 0.6 is 0 Å². The van der Waals surface area contributed by atoms with Gasteiger partial charge >= 0.3 is 21.1 Å². The maximum atomic E-state index is 8.68. The molecule has 0 saturated heterocycles. The Morgan fingerprint density at radius 3 is 2.31 bits per heavy atom. The van der Waals surface area contributed by atoms with Crippen LogP contribution in [-0.2, 0) is 0 Å². The number of likely N-dealkylation sites (N-methyl/N-ethyl adjacent to an activating group) is 1. The molecule has 1 aliphatic heterocycles. The Balaban J connectivity index is 0.000000310. The third kappa shape index (κ3) is 7.00. The summed E-state index contributed by atoms with van der Waals surface area (Å²) < 4.78 is 24.5. The molecule has 0 aromatic heterocycles. The van der Waals surface area contributed by atoms with Gasteiger partial charge in [0, 0.05) is 13.1 Å². The predicted octanol–water partition coefficient (Wildman–Crippen LogP) is -4.15. The van der Waals surface area contributed by atoms with Crippen LogP contribution in [0.15, 0.2) is 23.9 Å². The zero-order chi connectivity index (χ0) is 10.4. The van der Waals surface area contributed by atoms with Crippen molar-refractivity contribution in [3.05, 3.63) is 23.9 Å². The van der Waals surface area contributed by atoms with Crippen LogP contribution in [0.25, 0.3) is 0 Å². The molecule has 0 spiro atoms. The van der Waals surface area contributed by atoms with Crippen molar-refractivity contribution in [2.75, 3.05) is 7.05 Å². The van der Waals surface area contributed by atoms with E-state index in [9.17, 15) is 0 Å². The fraction of sp³-hybridized carbons (Fsp3) is 0.500. The average molecular weight is 299 g/mol. The Hall–Kier alpha value is -0.110. The van der Waals surface area contributed by atoms with Gasteiger partial charge in [0.2, 0.25) is 0 Å². The molecule has 0 aliphatic carbocycles. The summed E-state index contributed by atoms with van der Waals surface area (Å²) in [7, 11) is 2.09. The van der Waals surface area contributed by atoms with Gasteiger partial charge in [-0.3, -0.25) is 0 Å². The van der Waals surface area contributed by atoms with E-state index in [1.54, 1.807) is 0 Å². The molecular weight excluding hydrogens is 285 g/mol. The lowest BCUT2D eigenvalue weighted by molar-refractivity contribution is -1.63. The molecule has 5 heteroatoms. The van der Waals surface area contributed by atoms with E-state index < -0.39 is 21.1 Å². The molecule has 1 rings (SSSR count). The lowest BCUT2D eigenvalue weighted by Gasteiger charge is -2.23. The van der Waals surface area contributed by atoms with Gasteiger partial charge < -0.3 is 11.8 Å². The minimum Gasteiger partial charge on any atom is -0.396 e. The summed E-state index contributed by atoms with van der Waals surface area (Å²) in [5.41, 5.74) is 1.36. The molecule has 0 aromatic carbocycles. The first-order chi connectivity index (χ1) is 5.93. The molecule has 1 atom stereocenters. The van der Waals surface area contributed by atoms with Gasteiger partial charge in [-0.05, 0) is 29.6 Å². The smallest absolute Gasteiger partial charge is 0.396 e. The van der Waals surface area contributed by atoms with E-state index in [0.29, 0.717) is 6.04 Å². The maximum absolute atomic E-state index is 8.68. The second-order valence-corrected chi connectivity index (χ2v) is 3.98. The molecule has 0 bridgehead atoms. The van der Waals surface area contributed by atoms with Crippen molar-refractivity contribution in [3.63, 3.8) is 0 Å². The Morgan fingerprint density at radius 2 is 2.00 bits per heavy atom. The highest BCUT2D eigenvalue weighted by Crippen LogP contribution is 2.09. The molecule has 0 amide bonds. The Morgan fingerprint density at radius 1 is 1.54 bits per heavy atom. The second kappa shape index (κ2) is 6.36. The predicted molar refractivity (Wildman–Crippen MR) is 42.3 cm³/mol. The van der Waals surface area contributed by atoms with Gasteiger partial charge in [0.05, 0.1) is 0 Å². The number of hydrogen-bond acceptors (Lipinski definition) is 4. The molecule has 1 heterocycles. The summed E-state index contributed by atoms with van der Waals surface area (Å²) in [4.78, 5) is 2.19. The van der Waals surface area contributed by atoms with Crippen molar-refractivity contribution in [1.29, 1.82) is 0 Å². The molecule has 0 fully saturated rings. The lowest BCUT2D eigenvalue weighted by atomic mass is 10.1. The molecule has 0 radical (unpaired) electrons. The standard InChI is InChI=1S/C8H13N.HIO3/c1-7-4-5-9(3)8(2)6-7;2-1(3)4/h4-6,8H,1-3H3;2H. The quantitative estimate of drug-likeness (QED) is 0.461. The van der Waals surface area contributed by atoms with Crippen LogP contribution in [0.4, 0.5) is 0 Å². The molecule has 1 N–H and O–H groups in total. The largest absolute Gasteiger partial charge is 0.503 e. The van der Waals surface area contributed by atoms with Crippen LogP contribution in [0, 0.1) is 0 Å². The lowest BCUT2D eigenvalue weighted by Crippen LogP contribution is -3.98. The first kappa shape index (κ1) is 12.9. The SMILES string of the molecule is CC1=CC(C)N(C)C=C1.[O-][I+2]([O-])O. The summed E-state index contributed by atoms with van der Waals surface area (Å²) in [5.74, 6) is 0. The fourth-order valence-corrected chi connectivity index (χ4v) is 0.924. The van der Waals surface area contributed by atoms with E-state index >= 15 is 0 Å². The average Bonchev–Trinajstić information content (AvgIpc) is 1.96. The van der Waals surface area contributed by atoms with Crippen LogP contribution in [0.5, 0.6) is 0 Å². The Bertz CT molecular complexity index is 201. The van der Waals surface area contributed by atoms with Gasteiger partial charge in [-0.15, -0.1) is 0 Å². The molecule has 13 heavy (non-hydrogen) atoms. The maximum Gasteiger partial charge on any atom is 0.503 e. The number of hydrogen-bond donors (Lipinski definition) is 1. The monoisotopic (exact) mass is 299 g/mol. The van der Waals surface area contributed by atoms with Gasteiger partial charge in [-0.2, -0.15) is 0 Å². The van der Waals surface area contributed by atoms with E-state index in [4.69, 9.17) is 10.3 Å². The summed E-state index contributed by atoms with van der Waals surface area (Å²) in [6.45, 7) is 4.31. The zero-order valence-corrected chi connectivity index (χ0v) is 10.1. The third-order valence-electron chi connectivity index (χ3n) is 1.72. The highest BCUT2D eigenvalue weighted by Gasteiger charge is 2.04. The zero-order valence-electron chi connectivity index (χ0n) is 7.90. The third-order valence-corrected chi connectivity index (χ3v) is 1.72. The minimum atomic E-state index is -3.76. The van der Waals surface area contributed by atoms with Crippen LogP contribution in [0.2, 0.25) is 0 Å². The first-order valence-electron chi connectivity index (χ1n) is 3.76. The molecule has 4 nitrogen and oxygen atoms in total. The highest BCUT2D eigenvalue weighted by atomic mass is 127. The fourth-order valence-electron chi connectivity index (χ4n) is 0.924. The molecular formula is C8H14INO3. The van der Waals surface area contributed by atoms with Crippen molar-refractivity contribution in [2.45, 2.75) is 19.9 Å². The van der Waals surface area contributed by atoms with E-state index in [-0.39, 0.29) is 0 Å². The highest BCUT2D eigenvalue weighted by molar-refractivity contribution is 5.21. The summed E-state index contributed by atoms with van der Waals surface area (Å²) in [5, 5.41) is 0. The number of allylic oxidation sites excluding steroid dienone is 2. The van der Waals surface area contributed by atoms with Crippen molar-refractivity contribution in [3.8, 4) is 0 Å². The molecule has 1 unspecified atom stereocenters. The Kier molecular flexibility index (Phi) is 6.31. The van der Waals surface area contributed by atoms with Crippen molar-refractivity contribution in [1.82, 2.24) is 4.90 Å². The van der Waals surface area contributed by atoms with Gasteiger partial charge in [0.1, 0.15) is 0 Å². The van der Waals surface area contributed by atoms with Crippen molar-refractivity contribution < 1.29 is 31.4 Å². The number of nitrogens with zero attached hydrogens (tertiary/aromatic N) is 1. The molecule has 1 aliphatic rings. The molecule has 0 saturated carbocycles. The number of halogens is 1. The van der Waals surface area contributed by atoms with Crippen LogP contribution in [-0.4, -0.2) is 21.4 Å². The van der Waals surface area contributed by atoms with Gasteiger partial charge in [-0.1, -0.05) is 11.6 Å². The van der Waals surface area contributed by atoms with Gasteiger partial charge in [0.25, 0.3) is 0 Å². The van der Waals surface area contributed by atoms with E-state index in [2.05, 4.69) is 44.1 Å². The van der Waals surface area contributed by atoms with Crippen LogP contribution in [0.3, 0.4) is 0 Å². The van der Waals surface area contributed by atoms with E-state index in [0.717, 1.165) is 0 Å². The minimum absolute atomic E-state index is 0.565. The molecule has 0 aromatic rings. The van der Waals surface area contributed by atoms with Gasteiger partial charge in [0.15, 0.2) is 0 Å². The summed E-state index contributed by atoms with van der Waals surface area (Å²) in [6.07, 6.45) is 6.49.